The number of pyridine rings is 2. The van der Waals surface area contributed by atoms with Crippen LogP contribution in [0.15, 0.2) is 30.6 Å². The van der Waals surface area contributed by atoms with Gasteiger partial charge in [0.05, 0.1) is 5.56 Å². The van der Waals surface area contributed by atoms with Gasteiger partial charge < -0.3 is 21.1 Å². The highest BCUT2D eigenvalue weighted by molar-refractivity contribution is 5.95. The molecular formula is C17H17N5O3. The predicted molar refractivity (Wildman–Crippen MR) is 90.7 cm³/mol. The monoisotopic (exact) mass is 339 g/mol. The molecule has 1 atom stereocenters. The largest absolute Gasteiger partial charge is 0.478 e. The van der Waals surface area contributed by atoms with E-state index in [0.29, 0.717) is 29.7 Å². The van der Waals surface area contributed by atoms with Crippen molar-refractivity contribution in [2.75, 3.05) is 10.6 Å². The maximum Gasteiger partial charge on any atom is 0.339 e. The van der Waals surface area contributed by atoms with E-state index in [1.54, 1.807) is 12.3 Å². The second kappa shape index (κ2) is 6.04. The molecule has 1 aliphatic carbocycles. The van der Waals surface area contributed by atoms with Crippen LogP contribution in [0.2, 0.25) is 0 Å². The standard InChI is InChI=1S/C17H17N5O3/c23-16(20-11-3-4-11)10-6-9-7-13(21-14(9)19-8-10)22-15-12(17(24)25)2-1-5-18-15/h1-2,5-6,8,11,13H,3-4,7H2,(H,18,22)(H,19,21)(H,20,23)(H,24,25). The van der Waals surface area contributed by atoms with E-state index >= 15 is 0 Å². The molecular weight excluding hydrogens is 322 g/mol. The number of nitrogens with zero attached hydrogens (tertiary/aromatic N) is 2. The van der Waals surface area contributed by atoms with E-state index in [2.05, 4.69) is 25.9 Å². The summed E-state index contributed by atoms with van der Waals surface area (Å²) in [7, 11) is 0. The predicted octanol–water partition coefficient (Wildman–Crippen LogP) is 1.47. The molecule has 0 saturated heterocycles. The molecule has 4 N–H and O–H groups in total. The summed E-state index contributed by atoms with van der Waals surface area (Å²) in [5, 5.41) is 18.4. The maximum absolute atomic E-state index is 12.1. The first kappa shape index (κ1) is 15.4. The van der Waals surface area contributed by atoms with Crippen LogP contribution in [-0.2, 0) is 6.42 Å². The van der Waals surface area contributed by atoms with Crippen molar-refractivity contribution >= 4 is 23.5 Å². The third kappa shape index (κ3) is 3.23. The number of carboxylic acid groups (broad SMARTS) is 1. The van der Waals surface area contributed by atoms with Crippen LogP contribution in [-0.4, -0.2) is 39.2 Å². The van der Waals surface area contributed by atoms with Crippen LogP contribution in [0.25, 0.3) is 0 Å². The lowest BCUT2D eigenvalue weighted by Gasteiger charge is -2.15. The van der Waals surface area contributed by atoms with Crippen LogP contribution < -0.4 is 16.0 Å². The zero-order valence-corrected chi connectivity index (χ0v) is 13.3. The number of anilines is 2. The minimum absolute atomic E-state index is 0.105. The molecule has 3 heterocycles. The molecule has 1 fully saturated rings. The quantitative estimate of drug-likeness (QED) is 0.652. The van der Waals surface area contributed by atoms with Gasteiger partial charge in [0.2, 0.25) is 0 Å². The van der Waals surface area contributed by atoms with E-state index in [4.69, 9.17) is 0 Å². The Bertz CT molecular complexity index is 850. The molecule has 25 heavy (non-hydrogen) atoms. The fraction of sp³-hybridized carbons (Fsp3) is 0.294. The SMILES string of the molecule is O=C(NC1CC1)c1cnc2c(c1)CC(Nc1ncccc1C(=O)O)N2. The Labute approximate surface area is 143 Å². The van der Waals surface area contributed by atoms with Crippen molar-refractivity contribution in [3.05, 3.63) is 47.3 Å². The molecule has 0 radical (unpaired) electrons. The maximum atomic E-state index is 12.1. The smallest absolute Gasteiger partial charge is 0.339 e. The summed E-state index contributed by atoms with van der Waals surface area (Å²) in [6.07, 6.45) is 5.49. The Balaban J connectivity index is 1.48. The van der Waals surface area contributed by atoms with Crippen LogP contribution in [0, 0.1) is 0 Å². The van der Waals surface area contributed by atoms with E-state index < -0.39 is 5.97 Å². The normalized spacial score (nSPS) is 18.2. The number of carboxylic acids is 1. The van der Waals surface area contributed by atoms with Crippen molar-refractivity contribution < 1.29 is 14.7 Å². The van der Waals surface area contributed by atoms with Crippen LogP contribution >= 0.6 is 0 Å². The van der Waals surface area contributed by atoms with Gasteiger partial charge in [-0.05, 0) is 36.6 Å². The summed E-state index contributed by atoms with van der Waals surface area (Å²) in [5.74, 6) is -0.157. The number of fused-ring (bicyclic) bond motifs is 1. The highest BCUT2D eigenvalue weighted by atomic mass is 16.4. The molecule has 2 aromatic heterocycles. The molecule has 8 nitrogen and oxygen atoms in total. The van der Waals surface area contributed by atoms with Crippen molar-refractivity contribution in [1.82, 2.24) is 15.3 Å². The van der Waals surface area contributed by atoms with Crippen molar-refractivity contribution in [2.45, 2.75) is 31.5 Å². The van der Waals surface area contributed by atoms with Gasteiger partial charge in [-0.2, -0.15) is 0 Å². The van der Waals surface area contributed by atoms with Crippen molar-refractivity contribution in [3.8, 4) is 0 Å². The first-order chi connectivity index (χ1) is 12.1. The molecule has 0 aromatic carbocycles. The number of carbonyl (C=O) groups excluding carboxylic acids is 1. The second-order valence-corrected chi connectivity index (χ2v) is 6.23. The van der Waals surface area contributed by atoms with Gasteiger partial charge in [0, 0.05) is 24.9 Å². The van der Waals surface area contributed by atoms with E-state index in [-0.39, 0.29) is 17.6 Å². The summed E-state index contributed by atoms with van der Waals surface area (Å²) in [4.78, 5) is 31.8. The van der Waals surface area contributed by atoms with Gasteiger partial charge in [0.15, 0.2) is 0 Å². The molecule has 4 rings (SSSR count). The molecule has 1 amide bonds. The van der Waals surface area contributed by atoms with Gasteiger partial charge in [0.25, 0.3) is 5.91 Å². The molecule has 1 unspecified atom stereocenters. The molecule has 1 saturated carbocycles. The van der Waals surface area contributed by atoms with Gasteiger partial charge >= 0.3 is 5.97 Å². The average Bonchev–Trinajstić information content (AvgIpc) is 3.31. The minimum atomic E-state index is -1.04. The third-order valence-corrected chi connectivity index (χ3v) is 4.23. The number of rotatable bonds is 5. The molecule has 0 spiro atoms. The first-order valence-corrected chi connectivity index (χ1v) is 8.11. The Hall–Kier alpha value is -3.16. The highest BCUT2D eigenvalue weighted by Crippen LogP contribution is 2.26. The van der Waals surface area contributed by atoms with Crippen LogP contribution in [0.5, 0.6) is 0 Å². The van der Waals surface area contributed by atoms with Crippen molar-refractivity contribution in [3.63, 3.8) is 0 Å². The number of amides is 1. The topological polar surface area (TPSA) is 116 Å². The Kier molecular flexibility index (Phi) is 3.72. The third-order valence-electron chi connectivity index (χ3n) is 4.23. The lowest BCUT2D eigenvalue weighted by Crippen LogP contribution is -2.27. The molecule has 128 valence electrons. The lowest BCUT2D eigenvalue weighted by molar-refractivity contribution is 0.0697. The summed E-state index contributed by atoms with van der Waals surface area (Å²) in [6, 6.07) is 5.20. The minimum Gasteiger partial charge on any atom is -0.478 e. The zero-order valence-electron chi connectivity index (χ0n) is 13.3. The number of hydrogen-bond donors (Lipinski definition) is 4. The number of carbonyl (C=O) groups is 2. The fourth-order valence-electron chi connectivity index (χ4n) is 2.80. The summed E-state index contributed by atoms with van der Waals surface area (Å²) >= 11 is 0. The Morgan fingerprint density at radius 2 is 2.12 bits per heavy atom. The molecule has 8 heteroatoms. The summed E-state index contributed by atoms with van der Waals surface area (Å²) in [6.45, 7) is 0. The number of nitrogens with one attached hydrogen (secondary N) is 3. The van der Waals surface area contributed by atoms with E-state index in [0.717, 1.165) is 18.4 Å². The first-order valence-electron chi connectivity index (χ1n) is 8.11. The van der Waals surface area contributed by atoms with Gasteiger partial charge in [0.1, 0.15) is 23.4 Å². The number of aromatic carboxylic acids is 1. The van der Waals surface area contributed by atoms with Gasteiger partial charge in [-0.1, -0.05) is 0 Å². The molecule has 2 aliphatic rings. The van der Waals surface area contributed by atoms with E-state index in [1.165, 1.54) is 12.3 Å². The van der Waals surface area contributed by atoms with Gasteiger partial charge in [-0.3, -0.25) is 4.79 Å². The van der Waals surface area contributed by atoms with E-state index in [1.807, 2.05) is 6.07 Å². The summed E-state index contributed by atoms with van der Waals surface area (Å²) < 4.78 is 0. The van der Waals surface area contributed by atoms with Crippen LogP contribution in [0.4, 0.5) is 11.6 Å². The lowest BCUT2D eigenvalue weighted by atomic mass is 10.1. The Morgan fingerprint density at radius 3 is 2.88 bits per heavy atom. The highest BCUT2D eigenvalue weighted by Gasteiger charge is 2.27. The van der Waals surface area contributed by atoms with Gasteiger partial charge in [-0.15, -0.1) is 0 Å². The molecule has 2 aromatic rings. The van der Waals surface area contributed by atoms with Crippen LogP contribution in [0.3, 0.4) is 0 Å². The fourth-order valence-corrected chi connectivity index (χ4v) is 2.80. The second-order valence-electron chi connectivity index (χ2n) is 6.23. The van der Waals surface area contributed by atoms with Gasteiger partial charge in [-0.25, -0.2) is 14.8 Å². The number of hydrogen-bond acceptors (Lipinski definition) is 6. The number of aromatic nitrogens is 2. The van der Waals surface area contributed by atoms with Crippen LogP contribution in [0.1, 0.15) is 39.1 Å². The van der Waals surface area contributed by atoms with E-state index in [9.17, 15) is 14.7 Å². The summed E-state index contributed by atoms with van der Waals surface area (Å²) in [5.41, 5.74) is 1.56. The average molecular weight is 339 g/mol. The zero-order chi connectivity index (χ0) is 17.4. The molecule has 0 bridgehead atoms. The van der Waals surface area contributed by atoms with Crippen molar-refractivity contribution in [1.29, 1.82) is 0 Å². The Morgan fingerprint density at radius 1 is 1.28 bits per heavy atom. The van der Waals surface area contributed by atoms with Crippen molar-refractivity contribution in [2.24, 2.45) is 0 Å². The molecule has 1 aliphatic heterocycles.